The summed E-state index contributed by atoms with van der Waals surface area (Å²) in [5.74, 6) is 1.88. The smallest absolute Gasteiger partial charge is 0.319 e. The summed E-state index contributed by atoms with van der Waals surface area (Å²) in [4.78, 5) is 0. The van der Waals surface area contributed by atoms with Crippen LogP contribution in [0.2, 0.25) is 5.04 Å². The van der Waals surface area contributed by atoms with Gasteiger partial charge in [-0.1, -0.05) is 94.4 Å². The standard InChI is InChI=1S/C29H34O3Si/c1-21-16-17-23(20-30)31-28-18-22(2)27(19-26(21)28)32-33(29(3,4)5,24-12-8-6-9-13-24)25-14-10-7-11-15-25/h6-19,21,23,30H,20H2,1-5H3/t21-,23-/m1/s1. The molecule has 0 radical (unpaired) electrons. The minimum absolute atomic E-state index is 0.0397. The highest BCUT2D eigenvalue weighted by atomic mass is 28.4. The van der Waals surface area contributed by atoms with Gasteiger partial charge in [0.2, 0.25) is 0 Å². The zero-order valence-electron chi connectivity index (χ0n) is 20.2. The van der Waals surface area contributed by atoms with E-state index in [0.29, 0.717) is 0 Å². The first kappa shape index (κ1) is 23.3. The van der Waals surface area contributed by atoms with Crippen LogP contribution in [0.25, 0.3) is 0 Å². The van der Waals surface area contributed by atoms with E-state index in [2.05, 4.69) is 113 Å². The SMILES string of the molecule is Cc1cc2c(cc1O[Si](c1ccccc1)(c1ccccc1)C(C)(C)C)[C@H](C)C=C[C@H](CO)O2. The third-order valence-electron chi connectivity index (χ3n) is 6.55. The summed E-state index contributed by atoms with van der Waals surface area (Å²) < 4.78 is 13.4. The molecule has 3 aromatic rings. The molecular weight excluding hydrogens is 424 g/mol. The van der Waals surface area contributed by atoms with Crippen molar-refractivity contribution in [3.63, 3.8) is 0 Å². The van der Waals surface area contributed by atoms with Gasteiger partial charge in [0.15, 0.2) is 0 Å². The van der Waals surface area contributed by atoms with Crippen LogP contribution in [0.1, 0.15) is 44.7 Å². The Morgan fingerprint density at radius 1 is 0.909 bits per heavy atom. The van der Waals surface area contributed by atoms with Crippen molar-refractivity contribution in [3.8, 4) is 11.5 Å². The summed E-state index contributed by atoms with van der Waals surface area (Å²) in [5, 5.41) is 12.0. The van der Waals surface area contributed by atoms with Crippen molar-refractivity contribution in [1.82, 2.24) is 0 Å². The molecule has 1 heterocycles. The first-order chi connectivity index (χ1) is 15.8. The van der Waals surface area contributed by atoms with E-state index in [-0.39, 0.29) is 23.7 Å². The number of hydrogen-bond acceptors (Lipinski definition) is 3. The Morgan fingerprint density at radius 3 is 2.00 bits per heavy atom. The van der Waals surface area contributed by atoms with E-state index >= 15 is 0 Å². The van der Waals surface area contributed by atoms with E-state index in [4.69, 9.17) is 9.16 Å². The molecular formula is C29H34O3Si. The topological polar surface area (TPSA) is 38.7 Å². The van der Waals surface area contributed by atoms with Crippen LogP contribution in [0.5, 0.6) is 11.5 Å². The van der Waals surface area contributed by atoms with Crippen molar-refractivity contribution < 1.29 is 14.3 Å². The number of hydrogen-bond donors (Lipinski definition) is 1. The van der Waals surface area contributed by atoms with Crippen molar-refractivity contribution in [2.24, 2.45) is 0 Å². The average molecular weight is 459 g/mol. The minimum atomic E-state index is -2.72. The van der Waals surface area contributed by atoms with E-state index in [1.165, 1.54) is 10.4 Å². The molecule has 1 aliphatic heterocycles. The Hall–Kier alpha value is -2.82. The van der Waals surface area contributed by atoms with Crippen LogP contribution in [0.4, 0.5) is 0 Å². The average Bonchev–Trinajstić information content (AvgIpc) is 2.96. The second-order valence-electron chi connectivity index (χ2n) is 9.93. The predicted molar refractivity (Wildman–Crippen MR) is 138 cm³/mol. The second-order valence-corrected chi connectivity index (χ2v) is 14.2. The van der Waals surface area contributed by atoms with Crippen LogP contribution in [-0.2, 0) is 0 Å². The fraction of sp³-hybridized carbons (Fsp3) is 0.310. The van der Waals surface area contributed by atoms with E-state index in [0.717, 1.165) is 22.6 Å². The van der Waals surface area contributed by atoms with Gasteiger partial charge in [0.25, 0.3) is 0 Å². The molecule has 0 bridgehead atoms. The number of fused-ring (bicyclic) bond motifs is 1. The molecule has 0 aliphatic carbocycles. The zero-order chi connectivity index (χ0) is 23.6. The van der Waals surface area contributed by atoms with E-state index in [1.807, 2.05) is 6.08 Å². The number of aliphatic hydroxyl groups is 1. The summed E-state index contributed by atoms with van der Waals surface area (Å²) in [6.07, 6.45) is 3.73. The molecule has 1 aliphatic rings. The summed E-state index contributed by atoms with van der Waals surface area (Å²) in [6.45, 7) is 11.1. The normalized spacial score (nSPS) is 18.2. The molecule has 33 heavy (non-hydrogen) atoms. The molecule has 3 aromatic carbocycles. The minimum Gasteiger partial charge on any atom is -0.534 e. The van der Waals surface area contributed by atoms with Crippen LogP contribution in [0.15, 0.2) is 84.9 Å². The predicted octanol–water partition coefficient (Wildman–Crippen LogP) is 5.35. The van der Waals surface area contributed by atoms with Gasteiger partial charge in [-0.2, -0.15) is 0 Å². The lowest BCUT2D eigenvalue weighted by atomic mass is 9.98. The Morgan fingerprint density at radius 2 is 1.48 bits per heavy atom. The lowest BCUT2D eigenvalue weighted by Crippen LogP contribution is -2.68. The Kier molecular flexibility index (Phi) is 6.51. The second kappa shape index (κ2) is 9.20. The van der Waals surface area contributed by atoms with Gasteiger partial charge in [-0.3, -0.25) is 0 Å². The molecule has 0 saturated carbocycles. The maximum atomic E-state index is 9.65. The van der Waals surface area contributed by atoms with E-state index in [9.17, 15) is 5.11 Å². The molecule has 1 N–H and O–H groups in total. The maximum absolute atomic E-state index is 9.65. The Balaban J connectivity index is 1.90. The number of ether oxygens (including phenoxy) is 1. The highest BCUT2D eigenvalue weighted by molar-refractivity contribution is 7.00. The molecule has 0 fully saturated rings. The number of aliphatic hydroxyl groups excluding tert-OH is 1. The van der Waals surface area contributed by atoms with Crippen LogP contribution >= 0.6 is 0 Å². The first-order valence-corrected chi connectivity index (χ1v) is 13.6. The van der Waals surface area contributed by atoms with Gasteiger partial charge in [-0.15, -0.1) is 0 Å². The molecule has 0 aromatic heterocycles. The van der Waals surface area contributed by atoms with Gasteiger partial charge >= 0.3 is 8.32 Å². The van der Waals surface area contributed by atoms with Crippen molar-refractivity contribution in [1.29, 1.82) is 0 Å². The first-order valence-electron chi connectivity index (χ1n) is 11.7. The Bertz CT molecular complexity index is 1080. The highest BCUT2D eigenvalue weighted by Crippen LogP contribution is 2.41. The summed E-state index contributed by atoms with van der Waals surface area (Å²) in [7, 11) is -2.72. The molecule has 2 atom stereocenters. The van der Waals surface area contributed by atoms with Crippen LogP contribution in [0.3, 0.4) is 0 Å². The van der Waals surface area contributed by atoms with Crippen molar-refractivity contribution >= 4 is 18.7 Å². The molecule has 4 rings (SSSR count). The van der Waals surface area contributed by atoms with Crippen molar-refractivity contribution in [3.05, 3.63) is 96.1 Å². The largest absolute Gasteiger partial charge is 0.534 e. The van der Waals surface area contributed by atoms with Gasteiger partial charge in [-0.05, 0) is 46.1 Å². The van der Waals surface area contributed by atoms with Gasteiger partial charge in [-0.25, -0.2) is 0 Å². The van der Waals surface area contributed by atoms with Gasteiger partial charge in [0.05, 0.1) is 6.61 Å². The van der Waals surface area contributed by atoms with Crippen molar-refractivity contribution in [2.45, 2.75) is 51.7 Å². The number of allylic oxidation sites excluding steroid dienone is 1. The molecule has 0 saturated heterocycles. The molecule has 0 spiro atoms. The van der Waals surface area contributed by atoms with Gasteiger partial charge < -0.3 is 14.3 Å². The number of rotatable bonds is 5. The number of benzene rings is 3. The number of aryl methyl sites for hydroxylation is 1. The van der Waals surface area contributed by atoms with Crippen LogP contribution < -0.4 is 19.5 Å². The third kappa shape index (κ3) is 4.38. The summed E-state index contributed by atoms with van der Waals surface area (Å²) in [6, 6.07) is 25.6. The summed E-state index contributed by atoms with van der Waals surface area (Å²) >= 11 is 0. The Labute approximate surface area is 198 Å². The molecule has 4 heteroatoms. The monoisotopic (exact) mass is 458 g/mol. The highest BCUT2D eigenvalue weighted by Gasteiger charge is 2.52. The lowest BCUT2D eigenvalue weighted by molar-refractivity contribution is 0.150. The zero-order valence-corrected chi connectivity index (χ0v) is 21.2. The summed E-state index contributed by atoms with van der Waals surface area (Å²) in [5.41, 5.74) is 2.12. The fourth-order valence-corrected chi connectivity index (χ4v) is 9.23. The molecule has 172 valence electrons. The maximum Gasteiger partial charge on any atom is 0.319 e. The van der Waals surface area contributed by atoms with Gasteiger partial charge in [0.1, 0.15) is 17.6 Å². The van der Waals surface area contributed by atoms with E-state index in [1.54, 1.807) is 0 Å². The lowest BCUT2D eigenvalue weighted by Gasteiger charge is -2.43. The molecule has 3 nitrogen and oxygen atoms in total. The van der Waals surface area contributed by atoms with Crippen LogP contribution in [-0.4, -0.2) is 26.1 Å². The molecule has 0 unspecified atom stereocenters. The third-order valence-corrected chi connectivity index (χ3v) is 11.5. The van der Waals surface area contributed by atoms with E-state index < -0.39 is 8.32 Å². The fourth-order valence-electron chi connectivity index (χ4n) is 4.75. The van der Waals surface area contributed by atoms with Gasteiger partial charge in [0, 0.05) is 11.5 Å². The quantitative estimate of drug-likeness (QED) is 0.414. The van der Waals surface area contributed by atoms with Crippen LogP contribution in [0, 0.1) is 6.92 Å². The van der Waals surface area contributed by atoms with Crippen molar-refractivity contribution in [2.75, 3.05) is 6.61 Å². The molecule has 0 amide bonds.